The maximum Gasteiger partial charge on any atom is 0.229 e. The Hall–Kier alpha value is -3.15. The number of hydrogen-bond donors (Lipinski definition) is 5. The highest BCUT2D eigenvalue weighted by Gasteiger charge is 2.44. The highest BCUT2D eigenvalue weighted by Crippen LogP contribution is 2.35. The monoisotopic (exact) mass is 446 g/mol. The highest BCUT2D eigenvalue weighted by atomic mass is 16.7. The van der Waals surface area contributed by atoms with Gasteiger partial charge in [-0.3, -0.25) is 4.79 Å². The summed E-state index contributed by atoms with van der Waals surface area (Å²) in [7, 11) is 1.41. The van der Waals surface area contributed by atoms with Gasteiger partial charge in [-0.1, -0.05) is 12.1 Å². The van der Waals surface area contributed by atoms with Gasteiger partial charge in [-0.05, 0) is 12.1 Å². The van der Waals surface area contributed by atoms with Crippen molar-refractivity contribution < 1.29 is 44.2 Å². The summed E-state index contributed by atoms with van der Waals surface area (Å²) in [6.07, 6.45) is -7.29. The van der Waals surface area contributed by atoms with Gasteiger partial charge in [-0.15, -0.1) is 0 Å². The molecule has 1 aliphatic heterocycles. The van der Waals surface area contributed by atoms with Crippen molar-refractivity contribution in [1.29, 1.82) is 0 Å². The molecule has 1 saturated heterocycles. The van der Waals surface area contributed by atoms with Crippen molar-refractivity contribution in [3.8, 4) is 28.6 Å². The predicted molar refractivity (Wildman–Crippen MR) is 111 cm³/mol. The third-order valence-corrected chi connectivity index (χ3v) is 5.26. The molecule has 0 aliphatic carbocycles. The third kappa shape index (κ3) is 3.90. The van der Waals surface area contributed by atoms with Crippen molar-refractivity contribution >= 4 is 11.0 Å². The van der Waals surface area contributed by atoms with E-state index >= 15 is 0 Å². The summed E-state index contributed by atoms with van der Waals surface area (Å²) in [5.41, 5.74) is -0.0817. The van der Waals surface area contributed by atoms with Gasteiger partial charge in [0, 0.05) is 18.2 Å². The third-order valence-electron chi connectivity index (χ3n) is 5.26. The summed E-state index contributed by atoms with van der Waals surface area (Å²) in [4.78, 5) is 12.7. The molecule has 10 heteroatoms. The molecular weight excluding hydrogens is 424 g/mol. The summed E-state index contributed by atoms with van der Waals surface area (Å²) in [5.74, 6) is 0.258. The smallest absolute Gasteiger partial charge is 0.229 e. The number of ether oxygens (including phenoxy) is 3. The van der Waals surface area contributed by atoms with E-state index in [1.165, 1.54) is 31.4 Å². The van der Waals surface area contributed by atoms with E-state index in [-0.39, 0.29) is 28.2 Å². The Bertz CT molecular complexity index is 1170. The van der Waals surface area contributed by atoms with Crippen LogP contribution in [0.1, 0.15) is 0 Å². The first-order chi connectivity index (χ1) is 15.3. The second-order valence-corrected chi connectivity index (χ2v) is 7.31. The fourth-order valence-electron chi connectivity index (χ4n) is 3.56. The zero-order valence-corrected chi connectivity index (χ0v) is 16.9. The minimum absolute atomic E-state index is 0.0121. The van der Waals surface area contributed by atoms with Gasteiger partial charge in [0.1, 0.15) is 58.4 Å². The fraction of sp³-hybridized carbons (Fsp3) is 0.318. The molecular formula is C22H22O10. The molecule has 2 heterocycles. The average Bonchev–Trinajstić information content (AvgIpc) is 2.79. The standard InChI is InChI=1S/C22H22O10/c1-29-10-6-12(24)18-13(25)8-15(30-16(18)7-10)11-4-2-3-5-14(11)31-22-21(28)20(27)19(26)17(9-23)32-22/h2-8,17,19-24,26-28H,9H2,1H3/t17-,19+,20-,21+,22-/m1/s1. The van der Waals surface area contributed by atoms with Crippen LogP contribution in [0.2, 0.25) is 0 Å². The summed E-state index contributed by atoms with van der Waals surface area (Å²) in [5, 5.41) is 49.7. The molecule has 0 amide bonds. The number of phenolic OH excluding ortho intramolecular Hbond substituents is 1. The number of rotatable bonds is 5. The van der Waals surface area contributed by atoms with Gasteiger partial charge >= 0.3 is 0 Å². The molecule has 0 bridgehead atoms. The van der Waals surface area contributed by atoms with Crippen LogP contribution in [-0.2, 0) is 4.74 Å². The van der Waals surface area contributed by atoms with E-state index in [0.29, 0.717) is 11.3 Å². The van der Waals surface area contributed by atoms with Crippen molar-refractivity contribution in [2.24, 2.45) is 0 Å². The number of fused-ring (bicyclic) bond motifs is 1. The highest BCUT2D eigenvalue weighted by molar-refractivity contribution is 5.86. The van der Waals surface area contributed by atoms with Crippen molar-refractivity contribution in [3.63, 3.8) is 0 Å². The minimum atomic E-state index is -1.61. The lowest BCUT2D eigenvalue weighted by Gasteiger charge is -2.39. The van der Waals surface area contributed by atoms with Crippen LogP contribution in [0, 0.1) is 0 Å². The molecule has 0 saturated carbocycles. The molecule has 2 aromatic carbocycles. The largest absolute Gasteiger partial charge is 0.507 e. The van der Waals surface area contributed by atoms with E-state index in [9.17, 15) is 30.3 Å². The van der Waals surface area contributed by atoms with Gasteiger partial charge < -0.3 is 44.2 Å². The Morgan fingerprint density at radius 1 is 1.03 bits per heavy atom. The first-order valence-electron chi connectivity index (χ1n) is 9.75. The molecule has 5 N–H and O–H groups in total. The zero-order valence-electron chi connectivity index (χ0n) is 16.9. The number of hydrogen-bond acceptors (Lipinski definition) is 10. The molecule has 32 heavy (non-hydrogen) atoms. The van der Waals surface area contributed by atoms with Crippen molar-refractivity contribution in [1.82, 2.24) is 0 Å². The number of methoxy groups -OCH3 is 1. The molecule has 1 fully saturated rings. The maximum atomic E-state index is 12.7. The molecule has 0 unspecified atom stereocenters. The second kappa shape index (κ2) is 8.77. The van der Waals surface area contributed by atoms with Gasteiger partial charge in [0.25, 0.3) is 0 Å². The molecule has 3 aromatic rings. The number of aliphatic hydroxyl groups is 4. The van der Waals surface area contributed by atoms with Crippen molar-refractivity contribution in [3.05, 3.63) is 52.7 Å². The summed E-state index contributed by atoms with van der Waals surface area (Å²) in [6, 6.07) is 10.4. The number of phenols is 1. The average molecular weight is 446 g/mol. The number of para-hydroxylation sites is 1. The van der Waals surface area contributed by atoms with Crippen molar-refractivity contribution in [2.45, 2.75) is 30.7 Å². The van der Waals surface area contributed by atoms with Crippen LogP contribution in [0.4, 0.5) is 0 Å². The number of benzene rings is 2. The topological polar surface area (TPSA) is 159 Å². The van der Waals surface area contributed by atoms with Crippen LogP contribution in [0.15, 0.2) is 51.7 Å². The van der Waals surface area contributed by atoms with Crippen LogP contribution < -0.4 is 14.9 Å². The zero-order chi connectivity index (χ0) is 23.0. The lowest BCUT2D eigenvalue weighted by Crippen LogP contribution is -2.60. The van der Waals surface area contributed by atoms with Crippen molar-refractivity contribution in [2.75, 3.05) is 13.7 Å². The van der Waals surface area contributed by atoms with Crippen LogP contribution >= 0.6 is 0 Å². The van der Waals surface area contributed by atoms with Gasteiger partial charge in [0.05, 0.1) is 19.3 Å². The van der Waals surface area contributed by atoms with Gasteiger partial charge in [0.15, 0.2) is 5.43 Å². The molecule has 4 rings (SSSR count). The van der Waals surface area contributed by atoms with Gasteiger partial charge in [-0.25, -0.2) is 0 Å². The van der Waals surface area contributed by atoms with E-state index < -0.39 is 42.7 Å². The number of aliphatic hydroxyl groups excluding tert-OH is 4. The minimum Gasteiger partial charge on any atom is -0.507 e. The Balaban J connectivity index is 1.74. The lowest BCUT2D eigenvalue weighted by molar-refractivity contribution is -0.277. The van der Waals surface area contributed by atoms with E-state index in [0.717, 1.165) is 0 Å². The van der Waals surface area contributed by atoms with Gasteiger partial charge in [0.2, 0.25) is 6.29 Å². The summed E-state index contributed by atoms with van der Waals surface area (Å²) >= 11 is 0. The molecule has 1 aliphatic rings. The fourth-order valence-corrected chi connectivity index (χ4v) is 3.56. The number of aromatic hydroxyl groups is 1. The summed E-state index contributed by atoms with van der Waals surface area (Å²) < 4.78 is 22.1. The van der Waals surface area contributed by atoms with Gasteiger partial charge in [-0.2, -0.15) is 0 Å². The quantitative estimate of drug-likeness (QED) is 0.370. The van der Waals surface area contributed by atoms with Crippen LogP contribution in [0.25, 0.3) is 22.3 Å². The molecule has 0 radical (unpaired) electrons. The molecule has 1 aromatic heterocycles. The van der Waals surface area contributed by atoms with E-state index in [4.69, 9.17) is 18.6 Å². The first-order valence-corrected chi connectivity index (χ1v) is 9.75. The van der Waals surface area contributed by atoms with Crippen LogP contribution in [0.5, 0.6) is 17.2 Å². The SMILES string of the molecule is COc1cc(O)c2c(=O)cc(-c3ccccc3O[C@@H]3O[C@H](CO)[C@H](O)[C@@H](O)[C@@H]3O)oc2c1. The molecule has 10 nitrogen and oxygen atoms in total. The van der Waals surface area contributed by atoms with E-state index in [1.807, 2.05) is 0 Å². The molecule has 0 spiro atoms. The second-order valence-electron chi connectivity index (χ2n) is 7.31. The van der Waals surface area contributed by atoms with Crippen LogP contribution in [-0.4, -0.2) is 70.0 Å². The Labute approximate surface area is 181 Å². The Kier molecular flexibility index (Phi) is 6.04. The maximum absolute atomic E-state index is 12.7. The summed E-state index contributed by atoms with van der Waals surface area (Å²) in [6.45, 7) is -0.600. The first kappa shape index (κ1) is 22.1. The Morgan fingerprint density at radius 2 is 1.78 bits per heavy atom. The molecule has 170 valence electrons. The normalized spacial score (nSPS) is 25.6. The Morgan fingerprint density at radius 3 is 2.50 bits per heavy atom. The van der Waals surface area contributed by atoms with Crippen LogP contribution in [0.3, 0.4) is 0 Å². The molecule has 5 atom stereocenters. The lowest BCUT2D eigenvalue weighted by atomic mass is 9.99. The van der Waals surface area contributed by atoms with E-state index in [1.54, 1.807) is 18.2 Å². The predicted octanol–water partition coefficient (Wildman–Crippen LogP) is 0.353. The van der Waals surface area contributed by atoms with E-state index in [2.05, 4.69) is 0 Å².